The van der Waals surface area contributed by atoms with E-state index in [1.54, 1.807) is 7.11 Å². The van der Waals surface area contributed by atoms with Gasteiger partial charge in [0.15, 0.2) is 0 Å². The summed E-state index contributed by atoms with van der Waals surface area (Å²) in [6.45, 7) is 3.85. The van der Waals surface area contributed by atoms with Gasteiger partial charge in [-0.1, -0.05) is 0 Å². The van der Waals surface area contributed by atoms with Crippen LogP contribution in [0.4, 0.5) is 0 Å². The van der Waals surface area contributed by atoms with E-state index in [0.717, 1.165) is 19.8 Å². The Hall–Kier alpha value is -0.160. The molecule has 1 fully saturated rings. The summed E-state index contributed by atoms with van der Waals surface area (Å²) in [5.74, 6) is 0.589. The molecule has 2 atom stereocenters. The monoisotopic (exact) mass is 217 g/mol. The number of methoxy groups -OCH3 is 1. The first-order valence-corrected chi connectivity index (χ1v) is 5.70. The molecule has 1 N–H and O–H groups in total. The molecule has 0 bridgehead atoms. The van der Waals surface area contributed by atoms with Gasteiger partial charge in [-0.25, -0.2) is 0 Å². The van der Waals surface area contributed by atoms with Crippen molar-refractivity contribution in [1.29, 1.82) is 0 Å². The van der Waals surface area contributed by atoms with Crippen LogP contribution in [0.2, 0.25) is 0 Å². The van der Waals surface area contributed by atoms with E-state index < -0.39 is 0 Å². The van der Waals surface area contributed by atoms with Gasteiger partial charge >= 0.3 is 0 Å². The second-order valence-corrected chi connectivity index (χ2v) is 3.94. The van der Waals surface area contributed by atoms with Crippen LogP contribution in [-0.4, -0.2) is 53.2 Å². The lowest BCUT2D eigenvalue weighted by molar-refractivity contribution is 0.00693. The Bertz CT molecular complexity index is 149. The van der Waals surface area contributed by atoms with Crippen molar-refractivity contribution in [2.45, 2.75) is 18.9 Å². The lowest BCUT2D eigenvalue weighted by Crippen LogP contribution is -2.41. The summed E-state index contributed by atoms with van der Waals surface area (Å²) >= 11 is 0. The minimum atomic E-state index is 0.405. The van der Waals surface area contributed by atoms with E-state index >= 15 is 0 Å². The van der Waals surface area contributed by atoms with Gasteiger partial charge in [0.25, 0.3) is 0 Å². The standard InChI is InChI=1S/C11H23NO3/c1-12-11(9-15-7-6-13-2)10-4-3-5-14-8-10/h10-12H,3-9H2,1-2H3. The fourth-order valence-corrected chi connectivity index (χ4v) is 1.89. The van der Waals surface area contributed by atoms with Crippen LogP contribution in [0.15, 0.2) is 0 Å². The lowest BCUT2D eigenvalue weighted by Gasteiger charge is -2.29. The van der Waals surface area contributed by atoms with Crippen LogP contribution in [0.3, 0.4) is 0 Å². The number of hydrogen-bond donors (Lipinski definition) is 1. The third-order valence-corrected chi connectivity index (χ3v) is 2.86. The minimum absolute atomic E-state index is 0.405. The second kappa shape index (κ2) is 8.05. The summed E-state index contributed by atoms with van der Waals surface area (Å²) in [4.78, 5) is 0. The predicted octanol–water partition coefficient (Wildman–Crippen LogP) is 0.664. The third-order valence-electron chi connectivity index (χ3n) is 2.86. The van der Waals surface area contributed by atoms with Crippen molar-refractivity contribution in [3.05, 3.63) is 0 Å². The average Bonchev–Trinajstić information content (AvgIpc) is 2.30. The highest BCUT2D eigenvalue weighted by Gasteiger charge is 2.22. The summed E-state index contributed by atoms with van der Waals surface area (Å²) in [7, 11) is 3.67. The zero-order valence-electron chi connectivity index (χ0n) is 9.83. The molecule has 4 nitrogen and oxygen atoms in total. The predicted molar refractivity (Wildman–Crippen MR) is 59.1 cm³/mol. The Morgan fingerprint density at radius 1 is 1.47 bits per heavy atom. The fraction of sp³-hybridized carbons (Fsp3) is 1.00. The van der Waals surface area contributed by atoms with Crippen molar-refractivity contribution in [2.75, 3.05) is 47.2 Å². The Morgan fingerprint density at radius 3 is 2.93 bits per heavy atom. The topological polar surface area (TPSA) is 39.7 Å². The zero-order chi connectivity index (χ0) is 10.9. The van der Waals surface area contributed by atoms with Crippen LogP contribution in [0.5, 0.6) is 0 Å². The van der Waals surface area contributed by atoms with Crippen LogP contribution in [0, 0.1) is 5.92 Å². The molecule has 0 spiro atoms. The van der Waals surface area contributed by atoms with Gasteiger partial charge in [-0.3, -0.25) is 0 Å². The van der Waals surface area contributed by atoms with Crippen molar-refractivity contribution >= 4 is 0 Å². The zero-order valence-corrected chi connectivity index (χ0v) is 9.83. The van der Waals surface area contributed by atoms with Crippen molar-refractivity contribution in [1.82, 2.24) is 5.32 Å². The second-order valence-electron chi connectivity index (χ2n) is 3.94. The average molecular weight is 217 g/mol. The molecular weight excluding hydrogens is 194 g/mol. The van der Waals surface area contributed by atoms with E-state index in [4.69, 9.17) is 14.2 Å². The van der Waals surface area contributed by atoms with Gasteiger partial charge in [-0.15, -0.1) is 0 Å². The molecule has 90 valence electrons. The van der Waals surface area contributed by atoms with Gasteiger partial charge in [0, 0.05) is 19.8 Å². The SMILES string of the molecule is CNC(COCCOC)C1CCCOC1. The minimum Gasteiger partial charge on any atom is -0.382 e. The number of hydrogen-bond acceptors (Lipinski definition) is 4. The molecule has 0 saturated carbocycles. The molecule has 1 rings (SSSR count). The number of ether oxygens (including phenoxy) is 3. The largest absolute Gasteiger partial charge is 0.382 e. The van der Waals surface area contributed by atoms with Crippen LogP contribution in [-0.2, 0) is 14.2 Å². The van der Waals surface area contributed by atoms with Crippen LogP contribution < -0.4 is 5.32 Å². The van der Waals surface area contributed by atoms with E-state index in [1.807, 2.05) is 7.05 Å². The first-order chi connectivity index (χ1) is 7.38. The Morgan fingerprint density at radius 2 is 2.33 bits per heavy atom. The highest BCUT2D eigenvalue weighted by atomic mass is 16.5. The molecule has 0 aromatic carbocycles. The molecule has 0 aliphatic carbocycles. The smallest absolute Gasteiger partial charge is 0.0701 e. The molecule has 1 heterocycles. The summed E-state index contributed by atoms with van der Waals surface area (Å²) in [6, 6.07) is 0.405. The Kier molecular flexibility index (Phi) is 6.92. The Labute approximate surface area is 92.3 Å². The van der Waals surface area contributed by atoms with Crippen LogP contribution in [0.25, 0.3) is 0 Å². The van der Waals surface area contributed by atoms with Crippen LogP contribution >= 0.6 is 0 Å². The summed E-state index contributed by atoms with van der Waals surface area (Å²) in [6.07, 6.45) is 2.40. The van der Waals surface area contributed by atoms with E-state index in [0.29, 0.717) is 25.2 Å². The highest BCUT2D eigenvalue weighted by molar-refractivity contribution is 4.76. The van der Waals surface area contributed by atoms with Gasteiger partial charge < -0.3 is 19.5 Å². The summed E-state index contributed by atoms with van der Waals surface area (Å²) < 4.78 is 15.9. The quantitative estimate of drug-likeness (QED) is 0.636. The maximum absolute atomic E-state index is 5.54. The molecule has 2 unspecified atom stereocenters. The molecular formula is C11H23NO3. The molecule has 1 aliphatic rings. The summed E-state index contributed by atoms with van der Waals surface area (Å²) in [5, 5.41) is 3.30. The first kappa shape index (κ1) is 12.9. The van der Waals surface area contributed by atoms with Crippen molar-refractivity contribution in [3.8, 4) is 0 Å². The number of likely N-dealkylation sites (N-methyl/N-ethyl adjacent to an activating group) is 1. The van der Waals surface area contributed by atoms with E-state index in [9.17, 15) is 0 Å². The fourth-order valence-electron chi connectivity index (χ4n) is 1.89. The molecule has 0 aromatic heterocycles. The van der Waals surface area contributed by atoms with Gasteiger partial charge in [0.2, 0.25) is 0 Å². The molecule has 1 saturated heterocycles. The number of rotatable bonds is 7. The molecule has 0 radical (unpaired) electrons. The molecule has 0 aromatic rings. The van der Waals surface area contributed by atoms with Crippen molar-refractivity contribution in [3.63, 3.8) is 0 Å². The maximum Gasteiger partial charge on any atom is 0.0701 e. The Balaban J connectivity index is 2.15. The van der Waals surface area contributed by atoms with Crippen molar-refractivity contribution < 1.29 is 14.2 Å². The van der Waals surface area contributed by atoms with Gasteiger partial charge in [0.05, 0.1) is 26.4 Å². The van der Waals surface area contributed by atoms with Gasteiger partial charge in [0.1, 0.15) is 0 Å². The van der Waals surface area contributed by atoms with E-state index in [1.165, 1.54) is 12.8 Å². The first-order valence-electron chi connectivity index (χ1n) is 5.70. The van der Waals surface area contributed by atoms with Crippen molar-refractivity contribution in [2.24, 2.45) is 5.92 Å². The molecule has 1 aliphatic heterocycles. The number of nitrogens with one attached hydrogen (secondary N) is 1. The van der Waals surface area contributed by atoms with Crippen LogP contribution in [0.1, 0.15) is 12.8 Å². The third kappa shape index (κ3) is 4.93. The lowest BCUT2D eigenvalue weighted by atomic mass is 9.94. The maximum atomic E-state index is 5.54. The van der Waals surface area contributed by atoms with Gasteiger partial charge in [-0.05, 0) is 25.8 Å². The van der Waals surface area contributed by atoms with E-state index in [-0.39, 0.29) is 0 Å². The summed E-state index contributed by atoms with van der Waals surface area (Å²) in [5.41, 5.74) is 0. The van der Waals surface area contributed by atoms with E-state index in [2.05, 4.69) is 5.32 Å². The molecule has 0 amide bonds. The normalized spacial score (nSPS) is 24.0. The van der Waals surface area contributed by atoms with Gasteiger partial charge in [-0.2, -0.15) is 0 Å². The molecule has 4 heteroatoms. The highest BCUT2D eigenvalue weighted by Crippen LogP contribution is 2.17. The molecule has 15 heavy (non-hydrogen) atoms.